The molecule has 0 aliphatic rings. The van der Waals surface area contributed by atoms with Crippen LogP contribution in [0.1, 0.15) is 11.1 Å². The molecule has 108 valence electrons. The second kappa shape index (κ2) is 7.56. The van der Waals surface area contributed by atoms with Crippen molar-refractivity contribution in [1.82, 2.24) is 10.2 Å². The molecule has 0 unspecified atom stereocenters. The number of nitrogens with zero attached hydrogens (tertiary/aromatic N) is 2. The quantitative estimate of drug-likeness (QED) is 0.480. The average Bonchev–Trinajstić information content (AvgIpc) is 2.28. The highest BCUT2D eigenvalue weighted by Crippen LogP contribution is 2.29. The number of nitrogens with one attached hydrogen (secondary N) is 1. The average molecular weight is 387 g/mol. The van der Waals surface area contributed by atoms with E-state index in [0.717, 1.165) is 12.1 Å². The van der Waals surface area contributed by atoms with Crippen LogP contribution in [0.4, 0.5) is 13.2 Å². The Kier molecular flexibility index (Phi) is 7.17. The van der Waals surface area contributed by atoms with Crippen molar-refractivity contribution in [2.24, 2.45) is 4.99 Å². The summed E-state index contributed by atoms with van der Waals surface area (Å²) in [5.74, 6) is 0.618. The van der Waals surface area contributed by atoms with E-state index in [9.17, 15) is 13.2 Å². The van der Waals surface area contributed by atoms with Gasteiger partial charge in [0.1, 0.15) is 0 Å². The Labute approximate surface area is 127 Å². The maximum Gasteiger partial charge on any atom is 0.416 e. The molecule has 0 radical (unpaired) electrons. The van der Waals surface area contributed by atoms with E-state index in [0.29, 0.717) is 18.1 Å². The number of aliphatic imine (C=N–C) groups is 1. The van der Waals surface area contributed by atoms with Gasteiger partial charge in [-0.25, -0.2) is 0 Å². The second-order valence-corrected chi connectivity index (χ2v) is 3.99. The summed E-state index contributed by atoms with van der Waals surface area (Å²) in [5, 5.41) is 2.97. The van der Waals surface area contributed by atoms with Gasteiger partial charge in [0.2, 0.25) is 0 Å². The molecule has 3 nitrogen and oxygen atoms in total. The van der Waals surface area contributed by atoms with Crippen LogP contribution in [0.25, 0.3) is 0 Å². The minimum absolute atomic E-state index is 0. The van der Waals surface area contributed by atoms with Gasteiger partial charge in [-0.15, -0.1) is 24.0 Å². The highest BCUT2D eigenvalue weighted by Gasteiger charge is 2.30. The molecule has 1 N–H and O–H groups in total. The third kappa shape index (κ3) is 5.66. The monoisotopic (exact) mass is 387 g/mol. The first-order valence-corrected chi connectivity index (χ1v) is 5.38. The lowest BCUT2D eigenvalue weighted by molar-refractivity contribution is -0.137. The van der Waals surface area contributed by atoms with Gasteiger partial charge < -0.3 is 10.2 Å². The Bertz CT molecular complexity index is 430. The molecule has 1 rings (SSSR count). The van der Waals surface area contributed by atoms with E-state index in [1.54, 1.807) is 18.0 Å². The molecule has 0 atom stereocenters. The van der Waals surface area contributed by atoms with Gasteiger partial charge in [-0.3, -0.25) is 4.99 Å². The van der Waals surface area contributed by atoms with Gasteiger partial charge >= 0.3 is 6.18 Å². The summed E-state index contributed by atoms with van der Waals surface area (Å²) in [6, 6.07) is 5.24. The fraction of sp³-hybridized carbons (Fsp3) is 0.417. The van der Waals surface area contributed by atoms with Gasteiger partial charge in [-0.05, 0) is 17.7 Å². The predicted octanol–water partition coefficient (Wildman–Crippen LogP) is 2.96. The number of hydrogen-bond donors (Lipinski definition) is 1. The molecule has 0 aliphatic carbocycles. The van der Waals surface area contributed by atoms with Crippen LogP contribution < -0.4 is 5.32 Å². The molecule has 0 amide bonds. The topological polar surface area (TPSA) is 27.6 Å². The van der Waals surface area contributed by atoms with E-state index in [2.05, 4.69) is 10.3 Å². The van der Waals surface area contributed by atoms with Crippen LogP contribution in [-0.4, -0.2) is 32.0 Å². The molecule has 19 heavy (non-hydrogen) atoms. The van der Waals surface area contributed by atoms with Gasteiger partial charge in [-0.2, -0.15) is 13.2 Å². The highest BCUT2D eigenvalue weighted by atomic mass is 127. The summed E-state index contributed by atoms with van der Waals surface area (Å²) in [4.78, 5) is 5.74. The Morgan fingerprint density at radius 1 is 1.32 bits per heavy atom. The summed E-state index contributed by atoms with van der Waals surface area (Å²) in [6.07, 6.45) is -4.31. The number of guanidine groups is 1. The van der Waals surface area contributed by atoms with Crippen molar-refractivity contribution in [2.75, 3.05) is 21.1 Å². The minimum Gasteiger partial charge on any atom is -0.352 e. The van der Waals surface area contributed by atoms with Gasteiger partial charge in [0.05, 0.1) is 5.56 Å². The van der Waals surface area contributed by atoms with Gasteiger partial charge in [-0.1, -0.05) is 12.1 Å². The SMILES string of the molecule is CN=C(NCc1cccc(C(F)(F)F)c1)N(C)C.I. The third-order valence-electron chi connectivity index (χ3n) is 2.34. The summed E-state index contributed by atoms with van der Waals surface area (Å²) >= 11 is 0. The number of benzene rings is 1. The van der Waals surface area contributed by atoms with Crippen LogP contribution in [0.5, 0.6) is 0 Å². The maximum atomic E-state index is 12.5. The zero-order chi connectivity index (χ0) is 13.8. The molecule has 0 heterocycles. The largest absolute Gasteiger partial charge is 0.416 e. The molecule has 1 aromatic rings. The minimum atomic E-state index is -4.31. The predicted molar refractivity (Wildman–Crippen MR) is 80.7 cm³/mol. The zero-order valence-corrected chi connectivity index (χ0v) is 13.3. The molecular weight excluding hydrogens is 370 g/mol. The van der Waals surface area contributed by atoms with E-state index in [4.69, 9.17) is 0 Å². The molecule has 1 aromatic carbocycles. The Hall–Kier alpha value is -0.990. The lowest BCUT2D eigenvalue weighted by Crippen LogP contribution is -2.35. The summed E-state index contributed by atoms with van der Waals surface area (Å²) in [7, 11) is 5.23. The lowest BCUT2D eigenvalue weighted by atomic mass is 10.1. The van der Waals surface area contributed by atoms with E-state index in [1.807, 2.05) is 14.1 Å². The zero-order valence-electron chi connectivity index (χ0n) is 11.0. The van der Waals surface area contributed by atoms with Crippen molar-refractivity contribution in [3.8, 4) is 0 Å². The fourth-order valence-corrected chi connectivity index (χ4v) is 1.48. The van der Waals surface area contributed by atoms with E-state index >= 15 is 0 Å². The van der Waals surface area contributed by atoms with Crippen molar-refractivity contribution in [3.63, 3.8) is 0 Å². The van der Waals surface area contributed by atoms with E-state index in [1.165, 1.54) is 6.07 Å². The molecule has 7 heteroatoms. The summed E-state index contributed by atoms with van der Waals surface area (Å²) in [6.45, 7) is 0.300. The summed E-state index contributed by atoms with van der Waals surface area (Å²) in [5.41, 5.74) is -0.0746. The van der Waals surface area contributed by atoms with E-state index in [-0.39, 0.29) is 24.0 Å². The van der Waals surface area contributed by atoms with Crippen molar-refractivity contribution >= 4 is 29.9 Å². The van der Waals surface area contributed by atoms with Crippen molar-refractivity contribution in [1.29, 1.82) is 0 Å². The van der Waals surface area contributed by atoms with Crippen molar-refractivity contribution < 1.29 is 13.2 Å². The Morgan fingerprint density at radius 2 is 1.95 bits per heavy atom. The van der Waals surface area contributed by atoms with Gasteiger partial charge in [0.25, 0.3) is 0 Å². The standard InChI is InChI=1S/C12H16F3N3.HI/c1-16-11(18(2)3)17-8-9-5-4-6-10(7-9)12(13,14)15;/h4-7H,8H2,1-3H3,(H,16,17);1H. The molecule has 0 saturated heterocycles. The fourth-order valence-electron chi connectivity index (χ4n) is 1.48. The molecule has 0 spiro atoms. The molecule has 0 saturated carbocycles. The van der Waals surface area contributed by atoms with Crippen molar-refractivity contribution in [2.45, 2.75) is 12.7 Å². The highest BCUT2D eigenvalue weighted by molar-refractivity contribution is 14.0. The van der Waals surface area contributed by atoms with E-state index < -0.39 is 11.7 Å². The molecule has 0 aromatic heterocycles. The number of alkyl halides is 3. The third-order valence-corrected chi connectivity index (χ3v) is 2.34. The molecule has 0 bridgehead atoms. The smallest absolute Gasteiger partial charge is 0.352 e. The molecule has 0 fully saturated rings. The first kappa shape index (κ1) is 18.0. The number of rotatable bonds is 2. The van der Waals surface area contributed by atoms with Crippen LogP contribution in [0, 0.1) is 0 Å². The van der Waals surface area contributed by atoms with Gasteiger partial charge in [0.15, 0.2) is 5.96 Å². The first-order valence-electron chi connectivity index (χ1n) is 5.38. The second-order valence-electron chi connectivity index (χ2n) is 3.99. The summed E-state index contributed by atoms with van der Waals surface area (Å²) < 4.78 is 37.5. The lowest BCUT2D eigenvalue weighted by Gasteiger charge is -2.17. The molecular formula is C12H17F3IN3. The maximum absolute atomic E-state index is 12.5. The van der Waals surface area contributed by atoms with Crippen LogP contribution in [0.15, 0.2) is 29.3 Å². The normalized spacial score (nSPS) is 11.8. The van der Waals surface area contributed by atoms with Crippen LogP contribution in [0.3, 0.4) is 0 Å². The van der Waals surface area contributed by atoms with Crippen LogP contribution in [0.2, 0.25) is 0 Å². The number of hydrogen-bond acceptors (Lipinski definition) is 1. The Balaban J connectivity index is 0.00000324. The van der Waals surface area contributed by atoms with Crippen molar-refractivity contribution in [3.05, 3.63) is 35.4 Å². The molecule has 0 aliphatic heterocycles. The first-order chi connectivity index (χ1) is 8.34. The number of halogens is 4. The van der Waals surface area contributed by atoms with Crippen LogP contribution >= 0.6 is 24.0 Å². The Morgan fingerprint density at radius 3 is 2.42 bits per heavy atom. The van der Waals surface area contributed by atoms with Gasteiger partial charge in [0, 0.05) is 27.7 Å². The van der Waals surface area contributed by atoms with Crippen LogP contribution in [-0.2, 0) is 12.7 Å².